The van der Waals surface area contributed by atoms with Gasteiger partial charge in [0.2, 0.25) is 0 Å². The molecule has 7 aromatic rings. The SMILES string of the molecule is C1=Cc2cc3ccc(cc4nc(cc5ccc(cc1n2)[nH]5)C=C4)[nH]3.CCc1ccc(C(=O)O)cc1.CCc1ccc(C(=O)O)cc1.CCc1ccc(C(=O)O)cc1.CCc1ccc(C(=O)O)cc1. The molecule has 12 heteroatoms. The molecule has 0 amide bonds. The molecule has 6 N–H and O–H groups in total. The number of nitrogens with one attached hydrogen (secondary N) is 2. The summed E-state index contributed by atoms with van der Waals surface area (Å²) in [6.07, 6.45) is 11.9. The number of aromatic carboxylic acids is 4. The molecule has 0 unspecified atom stereocenters. The molecule has 346 valence electrons. The molecule has 3 aromatic heterocycles. The second-order valence-electron chi connectivity index (χ2n) is 15.3. The molecule has 8 bridgehead atoms. The van der Waals surface area contributed by atoms with E-state index in [2.05, 4.69) is 44.2 Å². The second-order valence-corrected chi connectivity index (χ2v) is 15.3. The average molecular weight is 911 g/mol. The van der Waals surface area contributed by atoms with Gasteiger partial charge in [-0.3, -0.25) is 0 Å². The third-order valence-corrected chi connectivity index (χ3v) is 10.5. The zero-order valence-corrected chi connectivity index (χ0v) is 38.3. The van der Waals surface area contributed by atoms with E-state index in [1.165, 1.54) is 0 Å². The highest BCUT2D eigenvalue weighted by atomic mass is 16.4. The van der Waals surface area contributed by atoms with E-state index in [-0.39, 0.29) is 0 Å². The Labute approximate surface area is 394 Å². The fourth-order valence-electron chi connectivity index (χ4n) is 6.48. The number of aromatic amines is 2. The van der Waals surface area contributed by atoms with Crippen molar-refractivity contribution in [1.82, 2.24) is 19.9 Å². The van der Waals surface area contributed by atoms with E-state index in [9.17, 15) is 19.2 Å². The predicted molar refractivity (Wildman–Crippen MR) is 270 cm³/mol. The molecule has 4 aromatic carbocycles. The van der Waals surface area contributed by atoms with Gasteiger partial charge in [0.05, 0.1) is 45.0 Å². The third kappa shape index (κ3) is 15.8. The molecule has 68 heavy (non-hydrogen) atoms. The monoisotopic (exact) mass is 910 g/mol. The van der Waals surface area contributed by atoms with E-state index in [1.54, 1.807) is 48.5 Å². The minimum Gasteiger partial charge on any atom is -0.478 e. The summed E-state index contributed by atoms with van der Waals surface area (Å²) in [7, 11) is 0. The van der Waals surface area contributed by atoms with Crippen molar-refractivity contribution in [2.24, 2.45) is 0 Å². The highest BCUT2D eigenvalue weighted by molar-refractivity contribution is 5.89. The van der Waals surface area contributed by atoms with Crippen LogP contribution < -0.4 is 0 Å². The summed E-state index contributed by atoms with van der Waals surface area (Å²) in [5.41, 5.74) is 13.9. The van der Waals surface area contributed by atoms with E-state index in [1.807, 2.05) is 125 Å². The highest BCUT2D eigenvalue weighted by Gasteiger charge is 2.04. The Hall–Kier alpha value is -8.64. The Morgan fingerprint density at radius 2 is 0.529 bits per heavy atom. The Balaban J connectivity index is 0.000000169. The average Bonchev–Trinajstić information content (AvgIpc) is 4.20. The van der Waals surface area contributed by atoms with Gasteiger partial charge in [0.25, 0.3) is 0 Å². The topological polar surface area (TPSA) is 207 Å². The first kappa shape index (κ1) is 50.4. The van der Waals surface area contributed by atoms with Gasteiger partial charge in [-0.25, -0.2) is 29.1 Å². The second kappa shape index (κ2) is 25.2. The minimum atomic E-state index is -0.868. The number of hydrogen-bond acceptors (Lipinski definition) is 6. The normalized spacial score (nSPS) is 10.6. The summed E-state index contributed by atoms with van der Waals surface area (Å²) in [5, 5.41) is 34.2. The van der Waals surface area contributed by atoms with Crippen molar-refractivity contribution < 1.29 is 39.6 Å². The molecule has 2 aliphatic heterocycles. The molecule has 9 rings (SSSR count). The first-order valence-corrected chi connectivity index (χ1v) is 22.1. The number of benzene rings is 4. The molecule has 0 atom stereocenters. The van der Waals surface area contributed by atoms with Crippen LogP contribution >= 0.6 is 0 Å². The van der Waals surface area contributed by atoms with Gasteiger partial charge < -0.3 is 30.4 Å². The quantitative estimate of drug-likeness (QED) is 0.0850. The summed E-state index contributed by atoms with van der Waals surface area (Å²) in [4.78, 5) is 57.6. The summed E-state index contributed by atoms with van der Waals surface area (Å²) in [6.45, 7) is 8.15. The van der Waals surface area contributed by atoms with Crippen LogP contribution in [0.25, 0.3) is 46.4 Å². The Morgan fingerprint density at radius 1 is 0.338 bits per heavy atom. The fraction of sp³-hybridized carbons (Fsp3) is 0.143. The molecule has 0 fully saturated rings. The van der Waals surface area contributed by atoms with E-state index in [4.69, 9.17) is 20.4 Å². The van der Waals surface area contributed by atoms with Gasteiger partial charge in [0.15, 0.2) is 0 Å². The number of nitrogens with zero attached hydrogens (tertiary/aromatic N) is 2. The van der Waals surface area contributed by atoms with Gasteiger partial charge in [0.1, 0.15) is 0 Å². The van der Waals surface area contributed by atoms with Gasteiger partial charge in [-0.2, -0.15) is 0 Å². The van der Waals surface area contributed by atoms with Crippen molar-refractivity contribution in [3.8, 4) is 0 Å². The molecule has 12 nitrogen and oxygen atoms in total. The molecular formula is C56H54N4O8. The van der Waals surface area contributed by atoms with Crippen LogP contribution in [0.2, 0.25) is 0 Å². The lowest BCUT2D eigenvalue weighted by atomic mass is 10.1. The maximum absolute atomic E-state index is 10.4. The molecule has 2 aliphatic rings. The number of fused-ring (bicyclic) bond motifs is 8. The number of carbonyl (C=O) groups is 4. The van der Waals surface area contributed by atoms with Crippen molar-refractivity contribution in [2.75, 3.05) is 0 Å². The molecule has 5 heterocycles. The van der Waals surface area contributed by atoms with Crippen LogP contribution in [0.5, 0.6) is 0 Å². The predicted octanol–water partition coefficient (Wildman–Crippen LogP) is 12.4. The zero-order chi connectivity index (χ0) is 49.0. The van der Waals surface area contributed by atoms with Gasteiger partial charge in [-0.05, 0) is 169 Å². The molecule has 0 radical (unpaired) electrons. The lowest BCUT2D eigenvalue weighted by Crippen LogP contribution is -1.95. The van der Waals surface area contributed by atoms with Crippen LogP contribution in [0.3, 0.4) is 0 Å². The lowest BCUT2D eigenvalue weighted by molar-refractivity contribution is 0.0686. The standard InChI is InChI=1S/C20H14N4.4C9H10O2/c1-2-14-10-16-5-6-18(23-16)12-20-8-7-19(24-20)11-17-4-3-15(22-17)9-13(1)21-14;4*1-2-7-3-5-8(6-4-7)9(10)11/h1-12,21,24H;4*3-6H,2H2,1H3,(H,10,11). The lowest BCUT2D eigenvalue weighted by Gasteiger charge is -1.96. The largest absolute Gasteiger partial charge is 0.478 e. The van der Waals surface area contributed by atoms with Crippen LogP contribution in [-0.4, -0.2) is 64.2 Å². The van der Waals surface area contributed by atoms with Crippen LogP contribution in [0, 0.1) is 0 Å². The third-order valence-electron chi connectivity index (χ3n) is 10.5. The first-order chi connectivity index (χ1) is 32.7. The Morgan fingerprint density at radius 3 is 0.691 bits per heavy atom. The summed E-state index contributed by atoms with van der Waals surface area (Å²) >= 11 is 0. The highest BCUT2D eigenvalue weighted by Crippen LogP contribution is 2.17. The number of H-pyrrole nitrogens is 2. The van der Waals surface area contributed by atoms with E-state index in [0.29, 0.717) is 22.3 Å². The number of carboxylic acids is 4. The van der Waals surface area contributed by atoms with Crippen LogP contribution in [0.4, 0.5) is 0 Å². The maximum atomic E-state index is 10.4. The molecule has 0 aliphatic carbocycles. The van der Waals surface area contributed by atoms with Crippen LogP contribution in [0.1, 0.15) is 114 Å². The smallest absolute Gasteiger partial charge is 0.335 e. The molecule has 0 saturated carbocycles. The summed E-state index contributed by atoms with van der Waals surface area (Å²) in [5.74, 6) is -3.47. The van der Waals surface area contributed by atoms with Crippen molar-refractivity contribution in [3.63, 3.8) is 0 Å². The number of aryl methyl sites for hydroxylation is 4. The molecule has 0 spiro atoms. The zero-order valence-electron chi connectivity index (χ0n) is 38.3. The number of hydrogen-bond donors (Lipinski definition) is 6. The summed E-state index contributed by atoms with van der Waals surface area (Å²) in [6, 6.07) is 44.1. The summed E-state index contributed by atoms with van der Waals surface area (Å²) < 4.78 is 0. The van der Waals surface area contributed by atoms with Gasteiger partial charge in [0, 0.05) is 22.1 Å². The van der Waals surface area contributed by atoms with Crippen molar-refractivity contribution >= 4 is 70.2 Å². The number of rotatable bonds is 8. The van der Waals surface area contributed by atoms with Crippen molar-refractivity contribution in [1.29, 1.82) is 0 Å². The van der Waals surface area contributed by atoms with Crippen molar-refractivity contribution in [2.45, 2.75) is 53.4 Å². The van der Waals surface area contributed by atoms with Gasteiger partial charge in [-0.1, -0.05) is 76.2 Å². The Bertz CT molecular complexity index is 2630. The van der Waals surface area contributed by atoms with Crippen LogP contribution in [0.15, 0.2) is 146 Å². The first-order valence-electron chi connectivity index (χ1n) is 22.1. The van der Waals surface area contributed by atoms with Gasteiger partial charge >= 0.3 is 23.9 Å². The van der Waals surface area contributed by atoms with E-state index < -0.39 is 23.9 Å². The Kier molecular flexibility index (Phi) is 18.6. The minimum absolute atomic E-state index is 0.349. The number of aromatic nitrogens is 4. The van der Waals surface area contributed by atoms with Gasteiger partial charge in [-0.15, -0.1) is 0 Å². The number of carboxylic acid groups (broad SMARTS) is 4. The molecular weight excluding hydrogens is 857 g/mol. The fourth-order valence-corrected chi connectivity index (χ4v) is 6.48. The van der Waals surface area contributed by atoms with E-state index >= 15 is 0 Å². The molecule has 0 saturated heterocycles. The van der Waals surface area contributed by atoms with Crippen molar-refractivity contribution in [3.05, 3.63) is 213 Å². The van der Waals surface area contributed by atoms with Crippen LogP contribution in [-0.2, 0) is 25.7 Å². The van der Waals surface area contributed by atoms with E-state index in [0.717, 1.165) is 92.8 Å². The maximum Gasteiger partial charge on any atom is 0.335 e.